The highest BCUT2D eigenvalue weighted by atomic mass is 16.2. The summed E-state index contributed by atoms with van der Waals surface area (Å²) >= 11 is 0. The minimum Gasteiger partial charge on any atom is -0.352 e. The molecule has 7 heteroatoms. The number of nitrogens with zero attached hydrogens (tertiary/aromatic N) is 4. The number of hydrogen-bond donors (Lipinski definition) is 2. The summed E-state index contributed by atoms with van der Waals surface area (Å²) < 4.78 is 0. The van der Waals surface area contributed by atoms with Crippen LogP contribution < -0.4 is 11.1 Å². The summed E-state index contributed by atoms with van der Waals surface area (Å²) in [5, 5.41) is 14.2. The molecule has 0 spiro atoms. The Morgan fingerprint density at radius 3 is 2.87 bits per heavy atom. The molecule has 0 bridgehead atoms. The molecule has 0 radical (unpaired) electrons. The third-order valence-corrected chi connectivity index (χ3v) is 1.93. The van der Waals surface area contributed by atoms with E-state index in [0.717, 1.165) is 31.5 Å². The van der Waals surface area contributed by atoms with Crippen LogP contribution in [0.3, 0.4) is 0 Å². The van der Waals surface area contributed by atoms with Gasteiger partial charge in [-0.25, -0.2) is 4.79 Å². The topological polar surface area (TPSA) is 98.7 Å². The molecule has 1 rings (SSSR count). The molecule has 2 amide bonds. The summed E-state index contributed by atoms with van der Waals surface area (Å²) in [5.74, 6) is 0.764. The fourth-order valence-corrected chi connectivity index (χ4v) is 1.22. The highest BCUT2D eigenvalue weighted by Crippen LogP contribution is 1.99. The molecule has 0 saturated carbocycles. The maximum absolute atomic E-state index is 10.3. The van der Waals surface area contributed by atoms with Crippen molar-refractivity contribution in [1.29, 1.82) is 0 Å². The van der Waals surface area contributed by atoms with Gasteiger partial charge in [-0.2, -0.15) is 4.80 Å². The predicted octanol–water partition coefficient (Wildman–Crippen LogP) is -0.409. The number of nitrogens with one attached hydrogen (secondary N) is 1. The summed E-state index contributed by atoms with van der Waals surface area (Å²) in [4.78, 5) is 11.8. The molecule has 1 aromatic heterocycles. The first kappa shape index (κ1) is 11.4. The second kappa shape index (κ2) is 5.94. The molecule has 0 unspecified atom stereocenters. The molecular weight excluding hydrogens is 196 g/mol. The molecule has 0 aliphatic carbocycles. The maximum atomic E-state index is 10.3. The molecule has 15 heavy (non-hydrogen) atoms. The highest BCUT2D eigenvalue weighted by molar-refractivity contribution is 5.71. The zero-order valence-electron chi connectivity index (χ0n) is 8.81. The first-order valence-corrected chi connectivity index (χ1v) is 4.94. The Morgan fingerprint density at radius 2 is 2.27 bits per heavy atom. The molecule has 0 saturated heterocycles. The van der Waals surface area contributed by atoms with Crippen LogP contribution in [0.15, 0.2) is 0 Å². The molecule has 7 nitrogen and oxygen atoms in total. The van der Waals surface area contributed by atoms with Crippen LogP contribution in [0.25, 0.3) is 0 Å². The van der Waals surface area contributed by atoms with Gasteiger partial charge in [0.05, 0.1) is 7.05 Å². The van der Waals surface area contributed by atoms with Crippen molar-refractivity contribution in [3.8, 4) is 0 Å². The molecule has 3 N–H and O–H groups in total. The minimum absolute atomic E-state index is 0.467. The monoisotopic (exact) mass is 212 g/mol. The van der Waals surface area contributed by atoms with Crippen LogP contribution in [-0.4, -0.2) is 32.8 Å². The number of primary amides is 1. The van der Waals surface area contributed by atoms with Crippen LogP contribution in [0.2, 0.25) is 0 Å². The fourth-order valence-electron chi connectivity index (χ4n) is 1.22. The van der Waals surface area contributed by atoms with Gasteiger partial charge in [0.15, 0.2) is 5.82 Å². The van der Waals surface area contributed by atoms with E-state index in [-0.39, 0.29) is 0 Å². The maximum Gasteiger partial charge on any atom is 0.312 e. The Kier molecular flexibility index (Phi) is 4.52. The zero-order valence-corrected chi connectivity index (χ0v) is 8.81. The summed E-state index contributed by atoms with van der Waals surface area (Å²) in [6.07, 6.45) is 3.75. The average Bonchev–Trinajstić information content (AvgIpc) is 2.57. The van der Waals surface area contributed by atoms with Crippen LogP contribution >= 0.6 is 0 Å². The van der Waals surface area contributed by atoms with Gasteiger partial charge in [-0.1, -0.05) is 6.42 Å². The van der Waals surface area contributed by atoms with Crippen molar-refractivity contribution in [1.82, 2.24) is 25.5 Å². The molecule has 0 fully saturated rings. The van der Waals surface area contributed by atoms with Gasteiger partial charge < -0.3 is 11.1 Å². The van der Waals surface area contributed by atoms with Crippen LogP contribution in [0.1, 0.15) is 25.1 Å². The molecule has 0 aromatic carbocycles. The molecule has 0 atom stereocenters. The van der Waals surface area contributed by atoms with Gasteiger partial charge in [0.2, 0.25) is 0 Å². The molecule has 0 aliphatic heterocycles. The summed E-state index contributed by atoms with van der Waals surface area (Å²) in [5.41, 5.74) is 4.92. The normalized spacial score (nSPS) is 10.2. The summed E-state index contributed by atoms with van der Waals surface area (Å²) in [6.45, 7) is 0.628. The largest absolute Gasteiger partial charge is 0.352 e. The molecular formula is C8H16N6O. The van der Waals surface area contributed by atoms with E-state index in [4.69, 9.17) is 5.73 Å². The van der Waals surface area contributed by atoms with Gasteiger partial charge in [-0.3, -0.25) is 0 Å². The number of hydrogen-bond acceptors (Lipinski definition) is 4. The third kappa shape index (κ3) is 4.94. The lowest BCUT2D eigenvalue weighted by Gasteiger charge is -2.00. The van der Waals surface area contributed by atoms with Gasteiger partial charge in [0.25, 0.3) is 0 Å². The molecule has 0 aliphatic rings. The third-order valence-electron chi connectivity index (χ3n) is 1.93. The van der Waals surface area contributed by atoms with Crippen molar-refractivity contribution in [2.45, 2.75) is 25.7 Å². The molecule has 1 aromatic rings. The average molecular weight is 212 g/mol. The standard InChI is InChI=1S/C8H16N6O/c1-14-12-7(11-13-14)5-3-2-4-6-10-8(9)15/h2-6H2,1H3,(H3,9,10,15). The van der Waals surface area contributed by atoms with E-state index in [1.807, 2.05) is 0 Å². The van der Waals surface area contributed by atoms with Crippen molar-refractivity contribution in [2.75, 3.05) is 6.54 Å². The predicted molar refractivity (Wildman–Crippen MR) is 53.9 cm³/mol. The Bertz CT molecular complexity index is 310. The minimum atomic E-state index is -0.467. The van der Waals surface area contributed by atoms with Crippen molar-refractivity contribution in [3.05, 3.63) is 5.82 Å². The number of rotatable bonds is 6. The number of amides is 2. The second-order valence-electron chi connectivity index (χ2n) is 3.30. The van der Waals surface area contributed by atoms with Crippen LogP contribution in [0.4, 0.5) is 4.79 Å². The summed E-state index contributed by atoms with van der Waals surface area (Å²) in [6, 6.07) is -0.467. The van der Waals surface area contributed by atoms with Crippen molar-refractivity contribution >= 4 is 6.03 Å². The van der Waals surface area contributed by atoms with Gasteiger partial charge in [-0.05, 0) is 18.1 Å². The number of aromatic nitrogens is 4. The van der Waals surface area contributed by atoms with Gasteiger partial charge in [0.1, 0.15) is 0 Å². The molecule has 1 heterocycles. The van der Waals surface area contributed by atoms with Crippen LogP contribution in [0.5, 0.6) is 0 Å². The smallest absolute Gasteiger partial charge is 0.312 e. The van der Waals surface area contributed by atoms with Gasteiger partial charge in [-0.15, -0.1) is 10.2 Å². The van der Waals surface area contributed by atoms with Crippen molar-refractivity contribution in [2.24, 2.45) is 12.8 Å². The van der Waals surface area contributed by atoms with Gasteiger partial charge >= 0.3 is 6.03 Å². The highest BCUT2D eigenvalue weighted by Gasteiger charge is 1.99. The van der Waals surface area contributed by atoms with E-state index in [1.54, 1.807) is 7.05 Å². The van der Waals surface area contributed by atoms with Crippen LogP contribution in [0, 0.1) is 0 Å². The van der Waals surface area contributed by atoms with Crippen molar-refractivity contribution < 1.29 is 4.79 Å². The van der Waals surface area contributed by atoms with E-state index < -0.39 is 6.03 Å². The Morgan fingerprint density at radius 1 is 1.47 bits per heavy atom. The van der Waals surface area contributed by atoms with E-state index in [0.29, 0.717) is 6.54 Å². The first-order chi connectivity index (χ1) is 7.18. The quantitative estimate of drug-likeness (QED) is 0.626. The van der Waals surface area contributed by atoms with E-state index in [2.05, 4.69) is 20.7 Å². The Hall–Kier alpha value is -1.66. The van der Waals surface area contributed by atoms with E-state index >= 15 is 0 Å². The number of aryl methyl sites for hydroxylation is 2. The van der Waals surface area contributed by atoms with Crippen molar-refractivity contribution in [3.63, 3.8) is 0 Å². The zero-order chi connectivity index (χ0) is 11.1. The number of carbonyl (C=O) groups excluding carboxylic acids is 1. The number of carbonyl (C=O) groups is 1. The SMILES string of the molecule is Cn1nnc(CCCCCNC(N)=O)n1. The van der Waals surface area contributed by atoms with Gasteiger partial charge in [0, 0.05) is 13.0 Å². The Balaban J connectivity index is 2.00. The van der Waals surface area contributed by atoms with E-state index in [1.165, 1.54) is 4.80 Å². The molecule has 84 valence electrons. The lowest BCUT2D eigenvalue weighted by molar-refractivity contribution is 0.248. The fraction of sp³-hybridized carbons (Fsp3) is 0.750. The second-order valence-corrected chi connectivity index (χ2v) is 3.30. The number of tetrazole rings is 1. The number of urea groups is 1. The van der Waals surface area contributed by atoms with E-state index in [9.17, 15) is 4.79 Å². The lowest BCUT2D eigenvalue weighted by Crippen LogP contribution is -2.29. The number of unbranched alkanes of at least 4 members (excludes halogenated alkanes) is 2. The summed E-state index contributed by atoms with van der Waals surface area (Å²) in [7, 11) is 1.74. The van der Waals surface area contributed by atoms with Crippen LogP contribution in [-0.2, 0) is 13.5 Å². The lowest BCUT2D eigenvalue weighted by atomic mass is 10.2. The first-order valence-electron chi connectivity index (χ1n) is 4.94. The Labute approximate surface area is 88.0 Å². The number of nitrogens with two attached hydrogens (primary N) is 1.